The van der Waals surface area contributed by atoms with E-state index in [-0.39, 0.29) is 23.2 Å². The van der Waals surface area contributed by atoms with Gasteiger partial charge in [-0.3, -0.25) is 4.79 Å². The van der Waals surface area contributed by atoms with E-state index in [2.05, 4.69) is 48.9 Å². The average Bonchev–Trinajstić information content (AvgIpc) is 3.10. The number of rotatable bonds is 6. The Balaban J connectivity index is 1.54. The van der Waals surface area contributed by atoms with Crippen molar-refractivity contribution in [1.29, 1.82) is 0 Å². The average molecular weight is 433 g/mol. The fourth-order valence-electron chi connectivity index (χ4n) is 4.26. The summed E-state index contributed by atoms with van der Waals surface area (Å²) >= 11 is 1.39. The van der Waals surface area contributed by atoms with Gasteiger partial charge in [0, 0.05) is 50.1 Å². The molecule has 2 aromatic rings. The summed E-state index contributed by atoms with van der Waals surface area (Å²) in [5.41, 5.74) is 1.24. The van der Waals surface area contributed by atoms with Gasteiger partial charge < -0.3 is 9.80 Å². The van der Waals surface area contributed by atoms with E-state index in [1.54, 1.807) is 12.1 Å². The molecular formula is C23H33FN4OS. The zero-order valence-corrected chi connectivity index (χ0v) is 19.5. The Morgan fingerprint density at radius 2 is 1.97 bits per heavy atom. The first-order valence-corrected chi connectivity index (χ1v) is 11.5. The van der Waals surface area contributed by atoms with Gasteiger partial charge in [0.2, 0.25) is 11.0 Å². The SMILES string of the molecule is C[C@H](CC(=O)N1CCN(c2nc(Cc3ccc(F)cc3)ns2)C[C@@H]1C)CC(C)(C)C. The van der Waals surface area contributed by atoms with Crippen molar-refractivity contribution in [3.8, 4) is 0 Å². The Labute approximate surface area is 183 Å². The molecular weight excluding hydrogens is 399 g/mol. The predicted octanol–water partition coefficient (Wildman–Crippen LogP) is 4.77. The molecule has 0 aliphatic carbocycles. The van der Waals surface area contributed by atoms with Crippen LogP contribution >= 0.6 is 11.5 Å². The van der Waals surface area contributed by atoms with Gasteiger partial charge in [-0.05, 0) is 42.4 Å². The first-order valence-electron chi connectivity index (χ1n) is 10.7. The molecule has 1 aromatic heterocycles. The smallest absolute Gasteiger partial charge is 0.223 e. The molecule has 7 heteroatoms. The molecule has 2 atom stereocenters. The lowest BCUT2D eigenvalue weighted by molar-refractivity contribution is -0.134. The van der Waals surface area contributed by atoms with E-state index in [9.17, 15) is 9.18 Å². The normalized spacial score (nSPS) is 18.5. The van der Waals surface area contributed by atoms with Crippen LogP contribution in [0, 0.1) is 17.2 Å². The van der Waals surface area contributed by atoms with Gasteiger partial charge in [-0.1, -0.05) is 39.8 Å². The number of nitrogens with zero attached hydrogens (tertiary/aromatic N) is 4. The molecule has 2 heterocycles. The number of aromatic nitrogens is 2. The van der Waals surface area contributed by atoms with Crippen molar-refractivity contribution >= 4 is 22.6 Å². The number of benzene rings is 1. The fraction of sp³-hybridized carbons (Fsp3) is 0.609. The third kappa shape index (κ3) is 6.24. The molecule has 0 unspecified atom stereocenters. The number of hydrogen-bond donors (Lipinski definition) is 0. The van der Waals surface area contributed by atoms with E-state index < -0.39 is 0 Å². The highest BCUT2D eigenvalue weighted by Crippen LogP contribution is 2.28. The van der Waals surface area contributed by atoms with Gasteiger partial charge in [-0.25, -0.2) is 9.37 Å². The van der Waals surface area contributed by atoms with E-state index in [1.807, 2.05) is 4.90 Å². The zero-order valence-electron chi connectivity index (χ0n) is 18.7. The molecule has 164 valence electrons. The molecule has 5 nitrogen and oxygen atoms in total. The molecule has 0 radical (unpaired) electrons. The van der Waals surface area contributed by atoms with E-state index >= 15 is 0 Å². The highest BCUT2D eigenvalue weighted by Gasteiger charge is 2.30. The number of piperazine rings is 1. The standard InChI is InChI=1S/C23H33FN4OS/c1-16(14-23(3,4)5)12-21(29)28-11-10-27(15-17(28)2)22-25-20(26-30-22)13-18-6-8-19(24)9-7-18/h6-9,16-17H,10-15H2,1-5H3/t16-,17+/m1/s1. The number of halogens is 1. The van der Waals surface area contributed by atoms with E-state index in [0.29, 0.717) is 18.8 Å². The summed E-state index contributed by atoms with van der Waals surface area (Å²) in [6.45, 7) is 13.2. The molecule has 30 heavy (non-hydrogen) atoms. The Hall–Kier alpha value is -2.02. The predicted molar refractivity (Wildman–Crippen MR) is 120 cm³/mol. The quantitative estimate of drug-likeness (QED) is 0.660. The largest absolute Gasteiger partial charge is 0.343 e. The van der Waals surface area contributed by atoms with Gasteiger partial charge in [-0.15, -0.1) is 0 Å². The maximum atomic E-state index is 13.1. The van der Waals surface area contributed by atoms with Gasteiger partial charge >= 0.3 is 0 Å². The highest BCUT2D eigenvalue weighted by molar-refractivity contribution is 7.09. The minimum Gasteiger partial charge on any atom is -0.343 e. The molecule has 0 spiro atoms. The summed E-state index contributed by atoms with van der Waals surface area (Å²) < 4.78 is 17.6. The minimum absolute atomic E-state index is 0.150. The first-order chi connectivity index (χ1) is 14.1. The summed E-state index contributed by atoms with van der Waals surface area (Å²) in [4.78, 5) is 21.8. The topological polar surface area (TPSA) is 49.3 Å². The van der Waals surface area contributed by atoms with Crippen LogP contribution in [0.15, 0.2) is 24.3 Å². The van der Waals surface area contributed by atoms with Crippen LogP contribution in [0.3, 0.4) is 0 Å². The molecule has 1 amide bonds. The van der Waals surface area contributed by atoms with Crippen molar-refractivity contribution in [2.45, 2.75) is 59.9 Å². The van der Waals surface area contributed by atoms with Crippen LogP contribution in [-0.2, 0) is 11.2 Å². The second kappa shape index (κ2) is 9.41. The number of hydrogen-bond acceptors (Lipinski definition) is 5. The summed E-state index contributed by atoms with van der Waals surface area (Å²) in [5, 5.41) is 0.896. The zero-order chi connectivity index (χ0) is 21.9. The lowest BCUT2D eigenvalue weighted by atomic mass is 9.84. The molecule has 3 rings (SSSR count). The molecule has 1 fully saturated rings. The fourth-order valence-corrected chi connectivity index (χ4v) is 4.98. The van der Waals surface area contributed by atoms with Gasteiger partial charge in [0.15, 0.2) is 0 Å². The van der Waals surface area contributed by atoms with Crippen molar-refractivity contribution in [3.05, 3.63) is 41.5 Å². The summed E-state index contributed by atoms with van der Waals surface area (Å²) in [5.74, 6) is 1.16. The van der Waals surface area contributed by atoms with Crippen LogP contribution in [-0.4, -0.2) is 45.8 Å². The molecule has 1 aromatic carbocycles. The van der Waals surface area contributed by atoms with Crippen LogP contribution in [0.5, 0.6) is 0 Å². The van der Waals surface area contributed by atoms with E-state index in [0.717, 1.165) is 42.6 Å². The monoisotopic (exact) mass is 432 g/mol. The molecule has 0 bridgehead atoms. The summed E-state index contributed by atoms with van der Waals surface area (Å²) in [7, 11) is 0. The van der Waals surface area contributed by atoms with Crippen molar-refractivity contribution in [3.63, 3.8) is 0 Å². The second-order valence-corrected chi connectivity index (χ2v) is 10.5. The van der Waals surface area contributed by atoms with E-state index in [1.165, 1.54) is 23.7 Å². The van der Waals surface area contributed by atoms with E-state index in [4.69, 9.17) is 0 Å². The number of anilines is 1. The lowest BCUT2D eigenvalue weighted by Crippen LogP contribution is -2.54. The van der Waals surface area contributed by atoms with Crippen molar-refractivity contribution < 1.29 is 9.18 Å². The lowest BCUT2D eigenvalue weighted by Gasteiger charge is -2.40. The van der Waals surface area contributed by atoms with Gasteiger partial charge in [0.05, 0.1) is 0 Å². The van der Waals surface area contributed by atoms with Crippen LogP contribution in [0.1, 0.15) is 58.8 Å². The van der Waals surface area contributed by atoms with Crippen molar-refractivity contribution in [1.82, 2.24) is 14.3 Å². The maximum Gasteiger partial charge on any atom is 0.223 e. The molecule has 0 N–H and O–H groups in total. The Kier molecular flexibility index (Phi) is 7.11. The van der Waals surface area contributed by atoms with Crippen LogP contribution in [0.4, 0.5) is 9.52 Å². The number of carbonyl (C=O) groups is 1. The van der Waals surface area contributed by atoms with Crippen LogP contribution < -0.4 is 4.90 Å². The van der Waals surface area contributed by atoms with Gasteiger partial charge in [0.25, 0.3) is 0 Å². The van der Waals surface area contributed by atoms with Crippen LogP contribution in [0.2, 0.25) is 0 Å². The molecule has 1 aliphatic rings. The van der Waals surface area contributed by atoms with Gasteiger partial charge in [0.1, 0.15) is 11.6 Å². The molecule has 0 saturated carbocycles. The Morgan fingerprint density at radius 3 is 2.60 bits per heavy atom. The number of amides is 1. The Morgan fingerprint density at radius 1 is 1.27 bits per heavy atom. The van der Waals surface area contributed by atoms with Crippen LogP contribution in [0.25, 0.3) is 0 Å². The van der Waals surface area contributed by atoms with Gasteiger partial charge in [-0.2, -0.15) is 4.37 Å². The summed E-state index contributed by atoms with van der Waals surface area (Å²) in [6, 6.07) is 6.61. The number of carbonyl (C=O) groups excluding carboxylic acids is 1. The second-order valence-electron chi connectivity index (χ2n) is 9.75. The highest BCUT2D eigenvalue weighted by atomic mass is 32.1. The minimum atomic E-state index is -0.236. The molecule has 1 saturated heterocycles. The molecule has 1 aliphatic heterocycles. The third-order valence-corrected chi connectivity index (χ3v) is 6.25. The third-order valence-electron chi connectivity index (χ3n) is 5.44. The van der Waals surface area contributed by atoms with Crippen molar-refractivity contribution in [2.24, 2.45) is 11.3 Å². The Bertz CT molecular complexity index is 846. The first kappa shape index (κ1) is 22.7. The maximum absolute atomic E-state index is 13.1. The van der Waals surface area contributed by atoms with Crippen molar-refractivity contribution in [2.75, 3.05) is 24.5 Å². The summed E-state index contributed by atoms with van der Waals surface area (Å²) in [6.07, 6.45) is 2.26.